The third kappa shape index (κ3) is 5.81. The number of carbonyl (C=O) groups is 2. The first kappa shape index (κ1) is 22.3. The van der Waals surface area contributed by atoms with E-state index in [0.717, 1.165) is 24.8 Å². The Balaban J connectivity index is 1.48. The molecule has 2 N–H and O–H groups in total. The quantitative estimate of drug-likeness (QED) is 0.679. The van der Waals surface area contributed by atoms with E-state index in [4.69, 9.17) is 11.6 Å². The summed E-state index contributed by atoms with van der Waals surface area (Å²) in [6, 6.07) is 12.9. The summed E-state index contributed by atoms with van der Waals surface area (Å²) in [4.78, 5) is 24.3. The van der Waals surface area contributed by atoms with Crippen LogP contribution in [0.2, 0.25) is 5.02 Å². The number of hydrogen-bond donors (Lipinski definition) is 2. The second kappa shape index (κ2) is 10.1. The van der Waals surface area contributed by atoms with Crippen LogP contribution in [-0.4, -0.2) is 44.2 Å². The molecule has 3 rings (SSSR count). The second-order valence-electron chi connectivity index (χ2n) is 7.08. The molecule has 1 aliphatic rings. The highest BCUT2D eigenvalue weighted by atomic mass is 35.5. The van der Waals surface area contributed by atoms with Crippen LogP contribution in [-0.2, 0) is 21.4 Å². The zero-order valence-electron chi connectivity index (χ0n) is 16.4. The maximum absolute atomic E-state index is 12.7. The first-order valence-corrected chi connectivity index (χ1v) is 11.6. The minimum Gasteiger partial charge on any atom is -0.350 e. The Morgan fingerprint density at radius 1 is 0.967 bits per heavy atom. The molecule has 2 amide bonds. The Bertz CT molecular complexity index is 1000. The van der Waals surface area contributed by atoms with E-state index < -0.39 is 10.0 Å². The maximum atomic E-state index is 12.7. The van der Waals surface area contributed by atoms with Gasteiger partial charge in [-0.25, -0.2) is 8.42 Å². The van der Waals surface area contributed by atoms with Crippen molar-refractivity contribution in [2.45, 2.75) is 30.7 Å². The molecule has 9 heteroatoms. The summed E-state index contributed by atoms with van der Waals surface area (Å²) in [5.74, 6) is -0.740. The van der Waals surface area contributed by atoms with Crippen molar-refractivity contribution in [3.05, 3.63) is 64.7 Å². The van der Waals surface area contributed by atoms with E-state index in [0.29, 0.717) is 23.7 Å². The van der Waals surface area contributed by atoms with Gasteiger partial charge in [-0.2, -0.15) is 4.31 Å². The summed E-state index contributed by atoms with van der Waals surface area (Å²) >= 11 is 5.85. The smallest absolute Gasteiger partial charge is 0.251 e. The number of rotatable bonds is 7. The zero-order valence-corrected chi connectivity index (χ0v) is 18.0. The van der Waals surface area contributed by atoms with Crippen molar-refractivity contribution in [3.63, 3.8) is 0 Å². The molecule has 0 spiro atoms. The predicted molar refractivity (Wildman–Crippen MR) is 115 cm³/mol. The molecule has 2 aromatic carbocycles. The van der Waals surface area contributed by atoms with E-state index in [1.165, 1.54) is 10.4 Å². The van der Waals surface area contributed by atoms with Crippen molar-refractivity contribution < 1.29 is 18.0 Å². The SMILES string of the molecule is O=C(CNC(=O)c1cccc(Cl)c1)NCc1ccc(S(=O)(=O)N2CCCCC2)cc1. The number of piperidine rings is 1. The number of sulfonamides is 1. The normalized spacial score (nSPS) is 14.8. The fourth-order valence-electron chi connectivity index (χ4n) is 3.19. The van der Waals surface area contributed by atoms with Gasteiger partial charge in [0.1, 0.15) is 0 Å². The summed E-state index contributed by atoms with van der Waals surface area (Å²) < 4.78 is 26.8. The number of halogens is 1. The number of benzene rings is 2. The molecule has 7 nitrogen and oxygen atoms in total. The first-order valence-electron chi connectivity index (χ1n) is 9.76. The fraction of sp³-hybridized carbons (Fsp3) is 0.333. The lowest BCUT2D eigenvalue weighted by Crippen LogP contribution is -2.36. The number of carbonyl (C=O) groups excluding carboxylic acids is 2. The number of amides is 2. The lowest BCUT2D eigenvalue weighted by molar-refractivity contribution is -0.120. The average molecular weight is 450 g/mol. The lowest BCUT2D eigenvalue weighted by atomic mass is 10.2. The molecule has 0 bridgehead atoms. The Hall–Kier alpha value is -2.42. The van der Waals surface area contributed by atoms with Crippen LogP contribution in [0.1, 0.15) is 35.2 Å². The monoisotopic (exact) mass is 449 g/mol. The summed E-state index contributed by atoms with van der Waals surface area (Å²) in [6.45, 7) is 1.17. The van der Waals surface area contributed by atoms with Crippen molar-refractivity contribution >= 4 is 33.4 Å². The van der Waals surface area contributed by atoms with Crippen LogP contribution in [0.4, 0.5) is 0 Å². The van der Waals surface area contributed by atoms with Crippen molar-refractivity contribution in [2.75, 3.05) is 19.6 Å². The van der Waals surface area contributed by atoms with Gasteiger partial charge in [-0.1, -0.05) is 36.2 Å². The van der Waals surface area contributed by atoms with Crippen LogP contribution in [0, 0.1) is 0 Å². The number of nitrogens with zero attached hydrogens (tertiary/aromatic N) is 1. The predicted octanol–water partition coefficient (Wildman–Crippen LogP) is 2.56. The highest BCUT2D eigenvalue weighted by Gasteiger charge is 2.25. The third-order valence-corrected chi connectivity index (χ3v) is 7.01. The van der Waals surface area contributed by atoms with Gasteiger partial charge in [0.2, 0.25) is 15.9 Å². The summed E-state index contributed by atoms with van der Waals surface area (Å²) in [6.07, 6.45) is 2.83. The lowest BCUT2D eigenvalue weighted by Gasteiger charge is -2.25. The minimum absolute atomic E-state index is 0.174. The Morgan fingerprint density at radius 3 is 2.33 bits per heavy atom. The van der Waals surface area contributed by atoms with Crippen molar-refractivity contribution in [2.24, 2.45) is 0 Å². The molecule has 0 saturated carbocycles. The second-order valence-corrected chi connectivity index (χ2v) is 9.45. The molecule has 1 heterocycles. The van der Waals surface area contributed by atoms with Gasteiger partial charge >= 0.3 is 0 Å². The van der Waals surface area contributed by atoms with E-state index in [9.17, 15) is 18.0 Å². The van der Waals surface area contributed by atoms with E-state index in [1.807, 2.05) is 0 Å². The van der Waals surface area contributed by atoms with E-state index in [-0.39, 0.29) is 29.8 Å². The van der Waals surface area contributed by atoms with Crippen LogP contribution < -0.4 is 10.6 Å². The zero-order chi connectivity index (χ0) is 21.6. The van der Waals surface area contributed by atoms with Crippen LogP contribution >= 0.6 is 11.6 Å². The molecular formula is C21H24ClN3O4S. The van der Waals surface area contributed by atoms with Gasteiger partial charge in [-0.3, -0.25) is 9.59 Å². The summed E-state index contributed by atoms with van der Waals surface area (Å²) in [5, 5.41) is 5.67. The van der Waals surface area contributed by atoms with Crippen molar-refractivity contribution in [1.82, 2.24) is 14.9 Å². The molecule has 0 atom stereocenters. The Morgan fingerprint density at radius 2 is 1.67 bits per heavy atom. The topological polar surface area (TPSA) is 95.6 Å². The Kier molecular flexibility index (Phi) is 7.47. The van der Waals surface area contributed by atoms with Crippen LogP contribution in [0.25, 0.3) is 0 Å². The molecular weight excluding hydrogens is 426 g/mol. The highest BCUT2D eigenvalue weighted by molar-refractivity contribution is 7.89. The number of hydrogen-bond acceptors (Lipinski definition) is 4. The summed E-state index contributed by atoms with van der Waals surface area (Å²) in [5.41, 5.74) is 1.14. The molecule has 0 unspecified atom stereocenters. The van der Waals surface area contributed by atoms with Gasteiger partial charge in [0.05, 0.1) is 11.4 Å². The first-order chi connectivity index (χ1) is 14.4. The highest BCUT2D eigenvalue weighted by Crippen LogP contribution is 2.20. The standard InChI is InChI=1S/C21H24ClN3O4S/c22-18-6-4-5-17(13-18)21(27)24-15-20(26)23-14-16-7-9-19(10-8-16)30(28,29)25-11-2-1-3-12-25/h4-10,13H,1-3,11-12,14-15H2,(H,23,26)(H,24,27). The van der Waals surface area contributed by atoms with Gasteiger partial charge in [-0.05, 0) is 48.7 Å². The molecule has 30 heavy (non-hydrogen) atoms. The molecule has 0 radical (unpaired) electrons. The molecule has 1 saturated heterocycles. The number of nitrogens with one attached hydrogen (secondary N) is 2. The Labute approximate surface area is 181 Å². The molecule has 160 valence electrons. The van der Waals surface area contributed by atoms with Crippen LogP contribution in [0.5, 0.6) is 0 Å². The molecule has 0 aliphatic carbocycles. The molecule has 2 aromatic rings. The minimum atomic E-state index is -3.47. The van der Waals surface area contributed by atoms with Crippen LogP contribution in [0.15, 0.2) is 53.4 Å². The van der Waals surface area contributed by atoms with E-state index >= 15 is 0 Å². The van der Waals surface area contributed by atoms with Gasteiger partial charge in [0.15, 0.2) is 0 Å². The van der Waals surface area contributed by atoms with Gasteiger partial charge in [0, 0.05) is 30.2 Å². The van der Waals surface area contributed by atoms with Crippen molar-refractivity contribution in [3.8, 4) is 0 Å². The maximum Gasteiger partial charge on any atom is 0.251 e. The fourth-order valence-corrected chi connectivity index (χ4v) is 4.90. The third-order valence-electron chi connectivity index (χ3n) is 4.86. The molecule has 1 aliphatic heterocycles. The largest absolute Gasteiger partial charge is 0.350 e. The summed E-state index contributed by atoms with van der Waals surface area (Å²) in [7, 11) is -3.47. The average Bonchev–Trinajstić information content (AvgIpc) is 2.77. The molecule has 1 fully saturated rings. The van der Waals surface area contributed by atoms with Gasteiger partial charge in [-0.15, -0.1) is 0 Å². The van der Waals surface area contributed by atoms with Gasteiger partial charge in [0.25, 0.3) is 5.91 Å². The molecule has 0 aromatic heterocycles. The van der Waals surface area contributed by atoms with E-state index in [1.54, 1.807) is 42.5 Å². The van der Waals surface area contributed by atoms with E-state index in [2.05, 4.69) is 10.6 Å². The van der Waals surface area contributed by atoms with Crippen molar-refractivity contribution in [1.29, 1.82) is 0 Å². The van der Waals surface area contributed by atoms with Crippen LogP contribution in [0.3, 0.4) is 0 Å². The van der Waals surface area contributed by atoms with Gasteiger partial charge < -0.3 is 10.6 Å².